The molecule has 21 heavy (non-hydrogen) atoms. The molecule has 1 saturated carbocycles. The van der Waals surface area contributed by atoms with Gasteiger partial charge in [0.15, 0.2) is 0 Å². The lowest BCUT2D eigenvalue weighted by atomic mass is 9.79. The normalized spacial score (nSPS) is 17.2. The molecule has 0 spiro atoms. The van der Waals surface area contributed by atoms with Crippen LogP contribution < -0.4 is 10.6 Å². The molecule has 116 valence electrons. The minimum Gasteiger partial charge on any atom is -0.465 e. The highest BCUT2D eigenvalue weighted by Crippen LogP contribution is 2.31. The predicted octanol–water partition coefficient (Wildman–Crippen LogP) is 2.79. The summed E-state index contributed by atoms with van der Waals surface area (Å²) in [5.41, 5.74) is 0.433. The number of hydrogen-bond acceptors (Lipinski definition) is 5. The fourth-order valence-corrected chi connectivity index (χ4v) is 3.67. The zero-order valence-corrected chi connectivity index (χ0v) is 13.3. The molecular formula is C15H22N2O3S. The van der Waals surface area contributed by atoms with Crippen LogP contribution in [-0.2, 0) is 9.53 Å². The van der Waals surface area contributed by atoms with E-state index >= 15 is 0 Å². The maximum atomic E-state index is 12.3. The summed E-state index contributed by atoms with van der Waals surface area (Å²) < 4.78 is 4.72. The van der Waals surface area contributed by atoms with Crippen molar-refractivity contribution in [2.24, 2.45) is 0 Å². The Morgan fingerprint density at radius 1 is 1.33 bits per heavy atom. The molecule has 2 rings (SSSR count). The number of ether oxygens (including phenoxy) is 1. The highest BCUT2D eigenvalue weighted by Gasteiger charge is 2.32. The number of carbonyl (C=O) groups is 2. The van der Waals surface area contributed by atoms with Crippen LogP contribution in [0.25, 0.3) is 0 Å². The number of methoxy groups -OCH3 is 1. The van der Waals surface area contributed by atoms with Crippen molar-refractivity contribution in [2.75, 3.05) is 19.5 Å². The summed E-state index contributed by atoms with van der Waals surface area (Å²) in [5, 5.41) is 7.94. The molecular weight excluding hydrogens is 288 g/mol. The third-order valence-electron chi connectivity index (χ3n) is 4.15. The molecule has 1 aromatic rings. The van der Waals surface area contributed by atoms with Crippen molar-refractivity contribution in [2.45, 2.75) is 44.1 Å². The maximum absolute atomic E-state index is 12.3. The van der Waals surface area contributed by atoms with Gasteiger partial charge in [-0.2, -0.15) is 0 Å². The largest absolute Gasteiger partial charge is 0.465 e. The molecule has 0 unspecified atom stereocenters. The van der Waals surface area contributed by atoms with Gasteiger partial charge in [-0.1, -0.05) is 19.3 Å². The van der Waals surface area contributed by atoms with Crippen LogP contribution in [0.5, 0.6) is 0 Å². The predicted molar refractivity (Wildman–Crippen MR) is 83.8 cm³/mol. The van der Waals surface area contributed by atoms with Gasteiger partial charge < -0.3 is 15.4 Å². The van der Waals surface area contributed by atoms with Gasteiger partial charge in [0.25, 0.3) is 0 Å². The maximum Gasteiger partial charge on any atom is 0.350 e. The fourth-order valence-electron chi connectivity index (χ4n) is 2.90. The van der Waals surface area contributed by atoms with E-state index in [1.807, 2.05) is 7.05 Å². The van der Waals surface area contributed by atoms with Crippen molar-refractivity contribution in [3.63, 3.8) is 0 Å². The van der Waals surface area contributed by atoms with Crippen LogP contribution >= 0.6 is 11.3 Å². The van der Waals surface area contributed by atoms with Crippen LogP contribution in [-0.4, -0.2) is 31.6 Å². The number of hydrogen-bond donors (Lipinski definition) is 2. The van der Waals surface area contributed by atoms with Crippen LogP contribution in [0.2, 0.25) is 0 Å². The van der Waals surface area contributed by atoms with Crippen LogP contribution in [0.4, 0.5) is 5.69 Å². The molecule has 0 aliphatic heterocycles. The van der Waals surface area contributed by atoms with Crippen LogP contribution in [0.15, 0.2) is 11.4 Å². The minimum atomic E-state index is -0.415. The Balaban J connectivity index is 2.01. The molecule has 1 aromatic heterocycles. The van der Waals surface area contributed by atoms with E-state index in [0.29, 0.717) is 17.0 Å². The Kier molecular flexibility index (Phi) is 5.36. The van der Waals surface area contributed by atoms with Gasteiger partial charge in [-0.15, -0.1) is 11.3 Å². The Morgan fingerprint density at radius 3 is 2.67 bits per heavy atom. The smallest absolute Gasteiger partial charge is 0.350 e. The molecule has 1 aliphatic rings. The molecule has 0 aromatic carbocycles. The van der Waals surface area contributed by atoms with E-state index in [4.69, 9.17) is 4.74 Å². The molecule has 2 N–H and O–H groups in total. The number of nitrogens with one attached hydrogen (secondary N) is 2. The molecule has 1 heterocycles. The molecule has 0 bridgehead atoms. The van der Waals surface area contributed by atoms with Gasteiger partial charge in [0.05, 0.1) is 12.8 Å². The van der Waals surface area contributed by atoms with Crippen molar-refractivity contribution in [1.29, 1.82) is 0 Å². The van der Waals surface area contributed by atoms with Gasteiger partial charge in [-0.25, -0.2) is 4.79 Å². The summed E-state index contributed by atoms with van der Waals surface area (Å²) in [5.74, 6) is -0.476. The fraction of sp³-hybridized carbons (Fsp3) is 0.600. The average Bonchev–Trinajstić information content (AvgIpc) is 2.95. The van der Waals surface area contributed by atoms with Crippen molar-refractivity contribution >= 4 is 28.9 Å². The van der Waals surface area contributed by atoms with E-state index in [9.17, 15) is 9.59 Å². The lowest BCUT2D eigenvalue weighted by Crippen LogP contribution is -2.47. The highest BCUT2D eigenvalue weighted by molar-refractivity contribution is 7.12. The van der Waals surface area contributed by atoms with Gasteiger partial charge in [0.1, 0.15) is 4.88 Å². The minimum absolute atomic E-state index is 0.0604. The second-order valence-electron chi connectivity index (χ2n) is 5.47. The summed E-state index contributed by atoms with van der Waals surface area (Å²) in [6.45, 7) is 0. The molecule has 6 heteroatoms. The Morgan fingerprint density at radius 2 is 2.05 bits per heavy atom. The molecule has 0 atom stereocenters. The number of amides is 1. The average molecular weight is 310 g/mol. The Labute approximate surface area is 129 Å². The highest BCUT2D eigenvalue weighted by atomic mass is 32.1. The first-order valence-corrected chi connectivity index (χ1v) is 8.13. The number of esters is 1. The van der Waals surface area contributed by atoms with Crippen molar-refractivity contribution < 1.29 is 14.3 Å². The zero-order chi connectivity index (χ0) is 15.3. The number of carbonyl (C=O) groups excluding carboxylic acids is 2. The van der Waals surface area contributed by atoms with E-state index in [-0.39, 0.29) is 11.4 Å². The van der Waals surface area contributed by atoms with Gasteiger partial charge in [0, 0.05) is 12.0 Å². The SMILES string of the molecule is CNC1(CC(=O)Nc2ccsc2C(=O)OC)CCCCC1. The standard InChI is InChI=1S/C15H22N2O3S/c1-16-15(7-4-3-5-8-15)10-12(18)17-11-6-9-21-13(11)14(19)20-2/h6,9,16H,3-5,7-8,10H2,1-2H3,(H,17,18). The van der Waals surface area contributed by atoms with Crippen LogP contribution in [0.1, 0.15) is 48.2 Å². The summed E-state index contributed by atoms with van der Waals surface area (Å²) >= 11 is 1.27. The second-order valence-corrected chi connectivity index (χ2v) is 6.39. The second kappa shape index (κ2) is 7.04. The number of thiophene rings is 1. The third-order valence-corrected chi connectivity index (χ3v) is 5.04. The van der Waals surface area contributed by atoms with E-state index < -0.39 is 5.97 Å². The Bertz CT molecular complexity index is 507. The summed E-state index contributed by atoms with van der Waals surface area (Å²) in [6, 6.07) is 1.74. The van der Waals surface area contributed by atoms with E-state index in [1.54, 1.807) is 11.4 Å². The van der Waals surface area contributed by atoms with Gasteiger partial charge in [-0.3, -0.25) is 4.79 Å². The van der Waals surface area contributed by atoms with Gasteiger partial charge in [0.2, 0.25) is 5.91 Å². The van der Waals surface area contributed by atoms with Crippen LogP contribution in [0, 0.1) is 0 Å². The summed E-state index contributed by atoms with van der Waals surface area (Å²) in [4.78, 5) is 24.4. The third kappa shape index (κ3) is 3.83. The lowest BCUT2D eigenvalue weighted by molar-refractivity contribution is -0.117. The molecule has 0 radical (unpaired) electrons. The van der Waals surface area contributed by atoms with Gasteiger partial charge >= 0.3 is 5.97 Å². The summed E-state index contributed by atoms with van der Waals surface area (Å²) in [7, 11) is 3.26. The molecule has 1 aliphatic carbocycles. The Hall–Kier alpha value is -1.40. The number of anilines is 1. The van der Waals surface area contributed by atoms with Crippen molar-refractivity contribution in [3.05, 3.63) is 16.3 Å². The van der Waals surface area contributed by atoms with Crippen molar-refractivity contribution in [3.8, 4) is 0 Å². The first kappa shape index (κ1) is 16.0. The quantitative estimate of drug-likeness (QED) is 0.821. The summed E-state index contributed by atoms with van der Waals surface area (Å²) in [6.07, 6.45) is 6.01. The van der Waals surface area contributed by atoms with Crippen LogP contribution in [0.3, 0.4) is 0 Å². The van der Waals surface area contributed by atoms with E-state index in [1.165, 1.54) is 24.9 Å². The first-order valence-electron chi connectivity index (χ1n) is 7.25. The monoisotopic (exact) mass is 310 g/mol. The van der Waals surface area contributed by atoms with E-state index in [2.05, 4.69) is 10.6 Å². The zero-order valence-electron chi connectivity index (χ0n) is 12.5. The first-order chi connectivity index (χ1) is 10.1. The molecule has 1 fully saturated rings. The number of rotatable bonds is 5. The molecule has 5 nitrogen and oxygen atoms in total. The topological polar surface area (TPSA) is 67.4 Å². The van der Waals surface area contributed by atoms with Crippen molar-refractivity contribution in [1.82, 2.24) is 5.32 Å². The lowest BCUT2D eigenvalue weighted by Gasteiger charge is -2.36. The van der Waals surface area contributed by atoms with E-state index in [0.717, 1.165) is 25.7 Å². The molecule has 1 amide bonds. The molecule has 0 saturated heterocycles. The van der Waals surface area contributed by atoms with Gasteiger partial charge in [-0.05, 0) is 31.3 Å².